The Morgan fingerprint density at radius 1 is 0.500 bits per heavy atom. The van der Waals surface area contributed by atoms with Gasteiger partial charge in [-0.3, -0.25) is 0 Å². The highest BCUT2D eigenvalue weighted by molar-refractivity contribution is 7.47. The van der Waals surface area contributed by atoms with Gasteiger partial charge in [-0.2, -0.15) is 15.7 Å². The van der Waals surface area contributed by atoms with Gasteiger partial charge in [-0.1, -0.05) is 126 Å². The van der Waals surface area contributed by atoms with Crippen molar-refractivity contribution in [3.05, 3.63) is 197 Å². The number of methoxy groups -OCH3 is 4. The molecular formula is C83H111N9O14P2. The number of terminal acetylenes is 2. The summed E-state index contributed by atoms with van der Waals surface area (Å²) >= 11 is 0. The molecule has 0 radical (unpaired) electrons. The monoisotopic (exact) mass is 1520 g/mol. The van der Waals surface area contributed by atoms with Crippen molar-refractivity contribution in [1.29, 1.82) is 10.5 Å². The molecule has 0 aliphatic carbocycles. The Labute approximate surface area is 643 Å². The summed E-state index contributed by atoms with van der Waals surface area (Å²) in [6.07, 6.45) is 10.2. The molecule has 2 fully saturated rings. The highest BCUT2D eigenvalue weighted by Crippen LogP contribution is 2.52. The van der Waals surface area contributed by atoms with E-state index < -0.39 is 65.2 Å². The Morgan fingerprint density at radius 3 is 1.18 bits per heavy atom. The second-order valence-corrected chi connectivity index (χ2v) is 29.9. The van der Waals surface area contributed by atoms with Gasteiger partial charge in [0, 0.05) is 49.1 Å². The highest BCUT2D eigenvalue weighted by Gasteiger charge is 2.46. The third kappa shape index (κ3) is 25.3. The number of nitrogens with one attached hydrogen (secondary N) is 1. The number of nitrogens with zero attached hydrogens (tertiary/aromatic N) is 8. The average molecular weight is 1520 g/mol. The van der Waals surface area contributed by atoms with Crippen molar-refractivity contribution in [3.8, 4) is 59.8 Å². The van der Waals surface area contributed by atoms with E-state index in [1.54, 1.807) is 28.4 Å². The molecule has 108 heavy (non-hydrogen) atoms. The normalized spacial score (nSPS) is 17.4. The van der Waals surface area contributed by atoms with E-state index in [4.69, 9.17) is 79.0 Å². The molecule has 9 rings (SSSR count). The summed E-state index contributed by atoms with van der Waals surface area (Å²) in [5.41, 5.74) is 3.46. The van der Waals surface area contributed by atoms with Crippen LogP contribution < -0.4 is 18.9 Å². The molecule has 582 valence electrons. The fraction of sp³-hybridized carbons (Fsp3) is 0.482. The molecule has 0 bridgehead atoms. The van der Waals surface area contributed by atoms with Crippen molar-refractivity contribution < 1.29 is 66.0 Å². The van der Waals surface area contributed by atoms with Gasteiger partial charge in [0.1, 0.15) is 59.6 Å². The molecule has 2 N–H and O–H groups in total. The second-order valence-electron chi connectivity index (χ2n) is 26.8. The van der Waals surface area contributed by atoms with Crippen molar-refractivity contribution in [2.24, 2.45) is 0 Å². The Bertz CT molecular complexity index is 3630. The molecule has 2 aliphatic heterocycles. The minimum Gasteiger partial charge on any atom is -0.497 e. The molecule has 25 heteroatoms. The number of benzene rings is 6. The molecule has 23 nitrogen and oxygen atoms in total. The minimum absolute atomic E-state index is 0.105. The van der Waals surface area contributed by atoms with Gasteiger partial charge in [0.2, 0.25) is 0 Å². The number of aliphatic hydroxyl groups is 1. The molecular weight excluding hydrogens is 1410 g/mol. The van der Waals surface area contributed by atoms with Crippen LogP contribution in [-0.2, 0) is 53.2 Å². The van der Waals surface area contributed by atoms with Gasteiger partial charge in [-0.15, -0.1) is 23.0 Å². The maximum absolute atomic E-state index is 10.6. The zero-order valence-corrected chi connectivity index (χ0v) is 67.3. The first-order valence-corrected chi connectivity index (χ1v) is 38.7. The maximum Gasteiger partial charge on any atom is 0.259 e. The van der Waals surface area contributed by atoms with Crippen molar-refractivity contribution in [3.63, 3.8) is 0 Å². The topological polar surface area (TPSA) is 252 Å². The lowest BCUT2D eigenvalue weighted by molar-refractivity contribution is -0.150. The van der Waals surface area contributed by atoms with Crippen LogP contribution in [0.3, 0.4) is 0 Å². The standard InChI is InChI=1S/C38H47N2O7P.C29H30O6.C15H32N3OP.CH2N4/c1-8-24-43-37-26-35(47-48(45-25-12-23-39)40(28(2)3)29(4)5)36(46-37)27-44-38(30-13-10-9-11-14-30,31-15-19-33(41-6)20-16-31)32-17-21-34(42-7)22-18-32;1-4-18-33-28-19-26(30)27(35-28)20-34-29(21-8-6-5-7-9-21,22-10-14-24(31-2)15-11-22)23-12-16-25(32-3)17-13-23;1-12(2)17(13(3)4)20(19-11-9-10-16)18(14(5)6)15(7)8;1-2-4-5-3-1/h1,9-11,13-22,28-29,35-37H,12,24-27H2,2-7H3;1,5-17,26-28,30H,18-20H2,2-3H3;12-15H,9,11H2,1-8H3;1H,(H,2,3,4,5)/t35?,36-,37-,48?;26?,27-,28-;;/m11../s1. The summed E-state index contributed by atoms with van der Waals surface area (Å²) in [7, 11) is 4.18. The van der Waals surface area contributed by atoms with Crippen molar-refractivity contribution >= 4 is 17.0 Å². The van der Waals surface area contributed by atoms with Crippen LogP contribution in [0, 0.1) is 47.3 Å². The van der Waals surface area contributed by atoms with E-state index in [9.17, 15) is 10.4 Å². The summed E-state index contributed by atoms with van der Waals surface area (Å²) in [6, 6.07) is 57.7. The molecule has 0 amide bonds. The third-order valence-electron chi connectivity index (χ3n) is 17.4. The Balaban J connectivity index is 0.000000264. The number of nitriles is 2. The maximum atomic E-state index is 10.6. The molecule has 7 aromatic rings. The van der Waals surface area contributed by atoms with E-state index in [-0.39, 0.29) is 51.5 Å². The van der Waals surface area contributed by atoms with E-state index in [1.807, 2.05) is 146 Å². The van der Waals surface area contributed by atoms with Crippen LogP contribution in [-0.4, -0.2) is 181 Å². The van der Waals surface area contributed by atoms with Crippen LogP contribution in [0.1, 0.15) is 142 Å². The molecule has 2 saturated heterocycles. The first kappa shape index (κ1) is 88.9. The average Bonchev–Trinajstić information content (AvgIpc) is 0.774. The van der Waals surface area contributed by atoms with E-state index in [0.29, 0.717) is 50.0 Å². The number of hydrogen-bond donors (Lipinski definition) is 2. The fourth-order valence-corrected chi connectivity index (χ4v) is 16.9. The van der Waals surface area contributed by atoms with E-state index in [0.717, 1.165) is 56.4 Å². The van der Waals surface area contributed by atoms with Crippen molar-refractivity contribution in [2.45, 2.75) is 193 Å². The largest absolute Gasteiger partial charge is 0.497 e. The first-order chi connectivity index (χ1) is 52.1. The van der Waals surface area contributed by atoms with E-state index >= 15 is 0 Å². The SMILES string of the molecule is C#CCO[C@H]1CC(O)[C@@H](COC(c2ccccc2)(c2ccc(OC)cc2)c2ccc(OC)cc2)O1.C#CCO[C@H]1CC(OP(OCCC#N)N(C(C)C)C(C)C)[C@@H](COC(c2ccccc2)(c2ccc(OC)cc2)c2ccc(OC)cc2)O1.CC(C)N(C(C)C)P(OCCC#N)N(C(C)C)C(C)C.c1nn[nH]n1. The fourth-order valence-electron chi connectivity index (χ4n) is 12.8. The smallest absolute Gasteiger partial charge is 0.259 e. The summed E-state index contributed by atoms with van der Waals surface area (Å²) in [6.45, 7) is 27.4. The van der Waals surface area contributed by atoms with Crippen LogP contribution in [0.5, 0.6) is 23.0 Å². The first-order valence-electron chi connectivity index (χ1n) is 36.4. The van der Waals surface area contributed by atoms with Crippen LogP contribution in [0.4, 0.5) is 0 Å². The van der Waals surface area contributed by atoms with Crippen molar-refractivity contribution in [2.75, 3.05) is 68.1 Å². The number of tetrazole rings is 1. The van der Waals surface area contributed by atoms with Crippen LogP contribution in [0.25, 0.3) is 0 Å². The van der Waals surface area contributed by atoms with Crippen molar-refractivity contribution in [1.82, 2.24) is 34.6 Å². The quantitative estimate of drug-likeness (QED) is 0.0159. The van der Waals surface area contributed by atoms with Gasteiger partial charge >= 0.3 is 0 Å². The predicted octanol–water partition coefficient (Wildman–Crippen LogP) is 15.2. The number of aliphatic hydroxyl groups excluding tert-OH is 1. The number of ether oxygens (including phenoxy) is 10. The molecule has 0 spiro atoms. The minimum atomic E-state index is -1.54. The van der Waals surface area contributed by atoms with E-state index in [2.05, 4.69) is 154 Å². The van der Waals surface area contributed by atoms with Gasteiger partial charge in [-0.25, -0.2) is 14.0 Å². The zero-order valence-electron chi connectivity index (χ0n) is 65.5. The second kappa shape index (κ2) is 46.5. The number of aromatic amines is 1. The Morgan fingerprint density at radius 2 is 0.852 bits per heavy atom. The number of H-pyrrole nitrogens is 1. The summed E-state index contributed by atoms with van der Waals surface area (Å²) in [5, 5.41) is 40.7. The number of rotatable bonds is 37. The van der Waals surface area contributed by atoms with Gasteiger partial charge in [0.05, 0.1) is 92.1 Å². The lowest BCUT2D eigenvalue weighted by atomic mass is 9.80. The highest BCUT2D eigenvalue weighted by atomic mass is 31.2. The van der Waals surface area contributed by atoms with Crippen LogP contribution in [0.2, 0.25) is 0 Å². The van der Waals surface area contributed by atoms with Gasteiger partial charge in [0.15, 0.2) is 27.4 Å². The van der Waals surface area contributed by atoms with Gasteiger partial charge in [0.25, 0.3) is 8.53 Å². The van der Waals surface area contributed by atoms with Gasteiger partial charge < -0.3 is 66.0 Å². The molecule has 2 aliphatic rings. The summed E-state index contributed by atoms with van der Waals surface area (Å²) < 4.78 is 85.7. The molecule has 1 aromatic heterocycles. The molecule has 3 unspecified atom stereocenters. The van der Waals surface area contributed by atoms with E-state index in [1.165, 1.54) is 6.33 Å². The lowest BCUT2D eigenvalue weighted by Crippen LogP contribution is -2.43. The molecule has 7 atom stereocenters. The van der Waals surface area contributed by atoms with Gasteiger partial charge in [-0.05, 0) is 165 Å². The van der Waals surface area contributed by atoms with Crippen LogP contribution >= 0.6 is 17.0 Å². The predicted molar refractivity (Wildman–Crippen MR) is 420 cm³/mol. The molecule has 6 aromatic carbocycles. The Kier molecular flexibility index (Phi) is 38.3. The molecule has 0 saturated carbocycles. The summed E-state index contributed by atoms with van der Waals surface area (Å²) in [5.74, 6) is 7.92. The third-order valence-corrected chi connectivity index (χ3v) is 22.6. The lowest BCUT2D eigenvalue weighted by Gasteiger charge is -2.45. The number of aromatic nitrogens is 4. The zero-order chi connectivity index (χ0) is 78.6. The van der Waals surface area contributed by atoms with Crippen LogP contribution in [0.15, 0.2) is 164 Å². The summed E-state index contributed by atoms with van der Waals surface area (Å²) in [4.78, 5) is 0. The Hall–Kier alpha value is -7.97. The number of hydrogen-bond acceptors (Lipinski definition) is 22. The molecule has 3 heterocycles.